The summed E-state index contributed by atoms with van der Waals surface area (Å²) in [6, 6.07) is 8.17. The summed E-state index contributed by atoms with van der Waals surface area (Å²) in [6.07, 6.45) is 3.30. The molecule has 0 saturated carbocycles. The molecule has 0 atom stereocenters. The minimum absolute atomic E-state index is 0.00585. The number of methoxy groups -OCH3 is 1. The van der Waals surface area contributed by atoms with Crippen LogP contribution in [0, 0.1) is 5.82 Å². The fraction of sp³-hybridized carbons (Fsp3) is 0.227. The number of morpholine rings is 1. The molecule has 4 heterocycles. The van der Waals surface area contributed by atoms with Crippen LogP contribution in [0.1, 0.15) is 0 Å². The lowest BCUT2D eigenvalue weighted by atomic mass is 10.1. The number of para-hydroxylation sites is 1. The van der Waals surface area contributed by atoms with Crippen LogP contribution in [0.3, 0.4) is 0 Å². The molecule has 1 aromatic carbocycles. The highest BCUT2D eigenvalue weighted by Crippen LogP contribution is 2.31. The van der Waals surface area contributed by atoms with Crippen molar-refractivity contribution in [3.8, 4) is 22.7 Å². The molecule has 164 valence electrons. The smallest absolute Gasteiger partial charge is 0.268 e. The SMILES string of the molecule is COc1cccc(F)c1-n1cc(-c2ccc(N3CCOCC3)cn2)c2[nH]nc(N)c2c1=O. The zero-order valence-electron chi connectivity index (χ0n) is 17.3. The van der Waals surface area contributed by atoms with Gasteiger partial charge in [0.1, 0.15) is 16.8 Å². The first-order chi connectivity index (χ1) is 15.6. The van der Waals surface area contributed by atoms with Crippen LogP contribution in [-0.2, 0) is 4.74 Å². The van der Waals surface area contributed by atoms with Crippen molar-refractivity contribution in [2.75, 3.05) is 44.0 Å². The number of hydrogen-bond acceptors (Lipinski definition) is 7. The first-order valence-corrected chi connectivity index (χ1v) is 10.1. The van der Waals surface area contributed by atoms with E-state index in [1.54, 1.807) is 12.3 Å². The molecule has 0 bridgehead atoms. The number of nitrogens with zero attached hydrogens (tertiary/aromatic N) is 4. The summed E-state index contributed by atoms with van der Waals surface area (Å²) >= 11 is 0. The number of nitrogens with two attached hydrogens (primary N) is 1. The van der Waals surface area contributed by atoms with Crippen LogP contribution in [0.25, 0.3) is 27.8 Å². The van der Waals surface area contributed by atoms with Gasteiger partial charge in [0, 0.05) is 24.8 Å². The van der Waals surface area contributed by atoms with E-state index in [1.807, 2.05) is 12.1 Å². The van der Waals surface area contributed by atoms with E-state index in [9.17, 15) is 9.18 Å². The molecule has 0 spiro atoms. The molecule has 0 aliphatic carbocycles. The second-order valence-corrected chi connectivity index (χ2v) is 7.37. The number of fused-ring (bicyclic) bond motifs is 1. The van der Waals surface area contributed by atoms with Crippen molar-refractivity contribution in [2.24, 2.45) is 0 Å². The van der Waals surface area contributed by atoms with Gasteiger partial charge in [0.25, 0.3) is 5.56 Å². The Hall–Kier alpha value is -3.92. The minimum Gasteiger partial charge on any atom is -0.494 e. The van der Waals surface area contributed by atoms with E-state index in [2.05, 4.69) is 20.1 Å². The van der Waals surface area contributed by atoms with Crippen LogP contribution in [0.15, 0.2) is 47.5 Å². The van der Waals surface area contributed by atoms with E-state index in [0.717, 1.165) is 18.8 Å². The number of pyridine rings is 2. The highest BCUT2D eigenvalue weighted by molar-refractivity contribution is 5.97. The molecule has 5 rings (SSSR count). The summed E-state index contributed by atoms with van der Waals surface area (Å²) in [4.78, 5) is 20.0. The second-order valence-electron chi connectivity index (χ2n) is 7.37. The van der Waals surface area contributed by atoms with Crippen LogP contribution in [0.5, 0.6) is 5.75 Å². The molecule has 1 fully saturated rings. The molecule has 1 saturated heterocycles. The van der Waals surface area contributed by atoms with Crippen LogP contribution in [0.4, 0.5) is 15.9 Å². The van der Waals surface area contributed by atoms with Gasteiger partial charge in [0.05, 0.1) is 43.4 Å². The summed E-state index contributed by atoms with van der Waals surface area (Å²) in [5.74, 6) is -0.356. The van der Waals surface area contributed by atoms with Crippen molar-refractivity contribution in [2.45, 2.75) is 0 Å². The number of hydrogen-bond donors (Lipinski definition) is 2. The van der Waals surface area contributed by atoms with E-state index in [1.165, 1.54) is 30.0 Å². The Morgan fingerprint density at radius 3 is 2.75 bits per heavy atom. The number of aromatic amines is 1. The lowest BCUT2D eigenvalue weighted by Gasteiger charge is -2.28. The molecule has 0 radical (unpaired) electrons. The van der Waals surface area contributed by atoms with Gasteiger partial charge in [-0.25, -0.2) is 4.39 Å². The number of aromatic nitrogens is 4. The summed E-state index contributed by atoms with van der Waals surface area (Å²) in [6.45, 7) is 2.93. The maximum absolute atomic E-state index is 14.8. The predicted molar refractivity (Wildman–Crippen MR) is 119 cm³/mol. The Morgan fingerprint density at radius 2 is 2.03 bits per heavy atom. The van der Waals surface area contributed by atoms with Crippen molar-refractivity contribution in [1.29, 1.82) is 0 Å². The average molecular weight is 436 g/mol. The maximum atomic E-state index is 14.8. The molecule has 9 nitrogen and oxygen atoms in total. The van der Waals surface area contributed by atoms with Gasteiger partial charge in [-0.15, -0.1) is 0 Å². The summed E-state index contributed by atoms with van der Waals surface area (Å²) in [7, 11) is 1.42. The third-order valence-corrected chi connectivity index (χ3v) is 5.57. The van der Waals surface area contributed by atoms with Crippen molar-refractivity contribution in [3.63, 3.8) is 0 Å². The monoisotopic (exact) mass is 436 g/mol. The van der Waals surface area contributed by atoms with Gasteiger partial charge in [-0.2, -0.15) is 5.10 Å². The number of anilines is 2. The molecule has 0 unspecified atom stereocenters. The standard InChI is InChI=1S/C22H21FN6O3/c1-31-17-4-2-3-15(23)20(17)29-12-14(19-18(22(29)30)21(24)27-26-19)16-6-5-13(11-25-16)28-7-9-32-10-8-28/h2-6,11-12H,7-10H2,1H3,(H3,24,26,27). The highest BCUT2D eigenvalue weighted by Gasteiger charge is 2.21. The summed E-state index contributed by atoms with van der Waals surface area (Å²) in [5.41, 5.74) is 8.02. The minimum atomic E-state index is -0.602. The van der Waals surface area contributed by atoms with E-state index >= 15 is 0 Å². The molecule has 0 amide bonds. The van der Waals surface area contributed by atoms with Gasteiger partial charge in [-0.3, -0.25) is 19.4 Å². The zero-order valence-corrected chi connectivity index (χ0v) is 17.3. The van der Waals surface area contributed by atoms with Crippen LogP contribution >= 0.6 is 0 Å². The molecule has 10 heteroatoms. The Morgan fingerprint density at radius 1 is 1.22 bits per heavy atom. The van der Waals surface area contributed by atoms with E-state index in [-0.39, 0.29) is 22.6 Å². The largest absolute Gasteiger partial charge is 0.494 e. The van der Waals surface area contributed by atoms with Crippen LogP contribution in [0.2, 0.25) is 0 Å². The third kappa shape index (κ3) is 3.25. The Bertz CT molecular complexity index is 1340. The number of H-pyrrole nitrogens is 1. The molecule has 32 heavy (non-hydrogen) atoms. The molecule has 4 aromatic rings. The van der Waals surface area contributed by atoms with Crippen LogP contribution in [-0.4, -0.2) is 53.2 Å². The fourth-order valence-corrected chi connectivity index (χ4v) is 3.95. The van der Waals surface area contributed by atoms with Gasteiger partial charge >= 0.3 is 0 Å². The van der Waals surface area contributed by atoms with Crippen molar-refractivity contribution >= 4 is 22.4 Å². The zero-order chi connectivity index (χ0) is 22.2. The normalized spacial score (nSPS) is 14.1. The lowest BCUT2D eigenvalue weighted by molar-refractivity contribution is 0.122. The number of ether oxygens (including phenoxy) is 2. The average Bonchev–Trinajstić information content (AvgIpc) is 3.22. The predicted octanol–water partition coefficient (Wildman–Crippen LogP) is 2.34. The number of halogens is 1. The molecule has 3 aromatic heterocycles. The highest BCUT2D eigenvalue weighted by atomic mass is 19.1. The first-order valence-electron chi connectivity index (χ1n) is 10.1. The van der Waals surface area contributed by atoms with Gasteiger partial charge in [-0.1, -0.05) is 6.07 Å². The fourth-order valence-electron chi connectivity index (χ4n) is 3.95. The Balaban J connectivity index is 1.69. The lowest BCUT2D eigenvalue weighted by Crippen LogP contribution is -2.36. The number of benzene rings is 1. The van der Waals surface area contributed by atoms with E-state index in [0.29, 0.717) is 30.0 Å². The van der Waals surface area contributed by atoms with Crippen molar-refractivity contribution in [3.05, 3.63) is 58.9 Å². The van der Waals surface area contributed by atoms with E-state index < -0.39 is 11.4 Å². The summed E-state index contributed by atoms with van der Waals surface area (Å²) in [5, 5.41) is 6.97. The number of nitrogens with one attached hydrogen (secondary N) is 1. The van der Waals surface area contributed by atoms with Crippen molar-refractivity contribution in [1.82, 2.24) is 19.7 Å². The second kappa shape index (κ2) is 7.97. The molecule has 3 N–H and O–H groups in total. The van der Waals surface area contributed by atoms with Crippen LogP contribution < -0.4 is 20.9 Å². The van der Waals surface area contributed by atoms with E-state index in [4.69, 9.17) is 15.2 Å². The van der Waals surface area contributed by atoms with Gasteiger partial charge in [0.15, 0.2) is 11.6 Å². The Kier molecular flexibility index (Phi) is 4.98. The molecule has 1 aliphatic rings. The van der Waals surface area contributed by atoms with Gasteiger partial charge < -0.3 is 20.1 Å². The van der Waals surface area contributed by atoms with Gasteiger partial charge in [0.2, 0.25) is 0 Å². The summed E-state index contributed by atoms with van der Waals surface area (Å²) < 4.78 is 26.7. The van der Waals surface area contributed by atoms with Gasteiger partial charge in [-0.05, 0) is 24.3 Å². The first kappa shape index (κ1) is 20.0. The topological polar surface area (TPSA) is 111 Å². The maximum Gasteiger partial charge on any atom is 0.268 e. The number of nitrogen functional groups attached to an aromatic ring is 1. The third-order valence-electron chi connectivity index (χ3n) is 5.57. The molecular weight excluding hydrogens is 415 g/mol. The molecular formula is C22H21FN6O3. The molecule has 1 aliphatic heterocycles. The van der Waals surface area contributed by atoms with Crippen molar-refractivity contribution < 1.29 is 13.9 Å². The Labute approximate surface area is 182 Å². The number of rotatable bonds is 4. The quantitative estimate of drug-likeness (QED) is 0.505.